The minimum absolute atomic E-state index is 0.0905. The Balaban J connectivity index is 0.886. The van der Waals surface area contributed by atoms with Gasteiger partial charge >= 0.3 is 29.2 Å². The minimum atomic E-state index is -5.37. The van der Waals surface area contributed by atoms with Gasteiger partial charge in [0.15, 0.2) is 5.75 Å². The van der Waals surface area contributed by atoms with Crippen molar-refractivity contribution in [2.24, 2.45) is 0 Å². The topological polar surface area (TPSA) is 152 Å². The number of esters is 2. The number of alkyl halides is 6. The first kappa shape index (κ1) is 43.7. The lowest BCUT2D eigenvalue weighted by atomic mass is 9.89. The number of halogens is 6. The van der Waals surface area contributed by atoms with Gasteiger partial charge in [-0.25, -0.2) is 14.6 Å². The van der Waals surface area contributed by atoms with E-state index in [-0.39, 0.29) is 28.2 Å². The molecule has 7 rings (SSSR count). The summed E-state index contributed by atoms with van der Waals surface area (Å²) in [6.45, 7) is 3.69. The molecule has 2 aliphatic rings. The third-order valence-corrected chi connectivity index (χ3v) is 12.0. The van der Waals surface area contributed by atoms with E-state index in [0.29, 0.717) is 61.2 Å². The Kier molecular flexibility index (Phi) is 13.1. The van der Waals surface area contributed by atoms with Crippen LogP contribution in [0.5, 0.6) is 11.5 Å². The Morgan fingerprint density at radius 1 is 0.934 bits per heavy atom. The van der Waals surface area contributed by atoms with Gasteiger partial charge in [-0.3, -0.25) is 14.5 Å². The number of amides is 1. The molecule has 1 atom stereocenters. The van der Waals surface area contributed by atoms with Crippen LogP contribution in [0.2, 0.25) is 0 Å². The van der Waals surface area contributed by atoms with Crippen LogP contribution in [0, 0.1) is 0 Å². The molecule has 1 spiro atoms. The molecule has 4 heterocycles. The van der Waals surface area contributed by atoms with Crippen LogP contribution in [0.1, 0.15) is 40.6 Å². The Hall–Kier alpha value is -5.35. The molecule has 21 heteroatoms. The lowest BCUT2D eigenvalue weighted by Crippen LogP contribution is -2.58. The maximum Gasteiger partial charge on any atom is 0.491 e. The van der Waals surface area contributed by atoms with Crippen molar-refractivity contribution in [3.8, 4) is 22.1 Å². The predicted molar refractivity (Wildman–Crippen MR) is 210 cm³/mol. The zero-order valence-electron chi connectivity index (χ0n) is 32.0. The summed E-state index contributed by atoms with van der Waals surface area (Å²) >= 11 is 1.87. The second kappa shape index (κ2) is 18.3. The van der Waals surface area contributed by atoms with Crippen molar-refractivity contribution in [1.82, 2.24) is 25.1 Å². The highest BCUT2D eigenvalue weighted by Crippen LogP contribution is 2.36. The number of carbonyl (C=O) groups excluding carboxylic acids is 3. The quantitative estimate of drug-likeness (QED) is 0.0757. The summed E-state index contributed by atoms with van der Waals surface area (Å²) < 4.78 is 99.4. The molecule has 0 radical (unpaired) electrons. The highest BCUT2D eigenvalue weighted by Gasteiger charge is 2.44. The zero-order valence-corrected chi connectivity index (χ0v) is 33.6. The number of hydrogen-bond acceptors (Lipinski definition) is 13. The van der Waals surface area contributed by atoms with E-state index < -0.39 is 53.2 Å². The SMILES string of the molecule is O=C(c1csc(-c2ccccc2)n1)N1CCOC2(CCN(CCOc3ccc(CNC[C@H](OC(=O)C(F)(F)F)c4ccc(OC(=O)C(F)(F)F)c5[nH]c(=O)sc45)cc3)CC2)C1. The Morgan fingerprint density at radius 2 is 1.66 bits per heavy atom. The standard InChI is InChI=1S/C40H37F6N5O8S2/c41-39(42,43)35(53)58-29-11-10-27(32-31(29)49-37(55)61-32)30(59-36(54)40(44,45)46)21-47-20-24-6-8-26(9-7-24)56-18-16-50-14-12-38(13-15-50)23-51(17-19-57-38)34(52)28-22-60-33(48-28)25-4-2-1-3-5-25/h1-11,22,30,47H,12-21,23H2,(H,49,55)/t30-/m0/s1. The predicted octanol–water partition coefficient (Wildman–Crippen LogP) is 6.50. The van der Waals surface area contributed by atoms with Crippen molar-refractivity contribution in [1.29, 1.82) is 0 Å². The molecule has 0 bridgehead atoms. The number of carbonyl (C=O) groups is 3. The summed E-state index contributed by atoms with van der Waals surface area (Å²) in [7, 11) is 0. The van der Waals surface area contributed by atoms with Crippen molar-refractivity contribution in [2.45, 2.75) is 43.4 Å². The number of benzene rings is 3. The van der Waals surface area contributed by atoms with Gasteiger partial charge in [-0.1, -0.05) is 53.8 Å². The van der Waals surface area contributed by atoms with Crippen molar-refractivity contribution in [2.75, 3.05) is 52.5 Å². The molecule has 0 unspecified atom stereocenters. The van der Waals surface area contributed by atoms with Crippen LogP contribution in [0.4, 0.5) is 26.3 Å². The molecule has 2 saturated heterocycles. The summed E-state index contributed by atoms with van der Waals surface area (Å²) in [6, 6.07) is 18.5. The van der Waals surface area contributed by atoms with Gasteiger partial charge in [0, 0.05) is 55.8 Å². The highest BCUT2D eigenvalue weighted by atomic mass is 32.1. The summed E-state index contributed by atoms with van der Waals surface area (Å²) in [4.78, 5) is 59.0. The largest absolute Gasteiger partial charge is 0.492 e. The number of piperidine rings is 1. The number of likely N-dealkylation sites (tertiary alicyclic amines) is 1. The van der Waals surface area contributed by atoms with Gasteiger partial charge in [0.25, 0.3) is 5.91 Å². The lowest BCUT2D eigenvalue weighted by Gasteiger charge is -2.47. The first-order chi connectivity index (χ1) is 29.1. The lowest BCUT2D eigenvalue weighted by molar-refractivity contribution is -0.205. The van der Waals surface area contributed by atoms with Crippen LogP contribution in [0.15, 0.2) is 76.9 Å². The van der Waals surface area contributed by atoms with E-state index in [0.717, 1.165) is 48.6 Å². The van der Waals surface area contributed by atoms with Crippen molar-refractivity contribution < 1.29 is 59.7 Å². The molecule has 3 aromatic carbocycles. The summed E-state index contributed by atoms with van der Waals surface area (Å²) in [5.74, 6) is -5.32. The second-order valence-corrected chi connectivity index (χ2v) is 16.1. The van der Waals surface area contributed by atoms with E-state index in [1.165, 1.54) is 11.3 Å². The second-order valence-electron chi connectivity index (χ2n) is 14.3. The van der Waals surface area contributed by atoms with Gasteiger partial charge in [0.2, 0.25) is 0 Å². The molecular formula is C40H37F6N5O8S2. The molecule has 13 nitrogen and oxygen atoms in total. The maximum atomic E-state index is 13.4. The van der Waals surface area contributed by atoms with Gasteiger partial charge in [0.05, 0.1) is 23.5 Å². The zero-order chi connectivity index (χ0) is 43.4. The number of hydrogen-bond donors (Lipinski definition) is 2. The highest BCUT2D eigenvalue weighted by molar-refractivity contribution is 7.16. The van der Waals surface area contributed by atoms with Crippen LogP contribution < -0.4 is 19.7 Å². The third-order valence-electron chi connectivity index (χ3n) is 10.1. The number of H-pyrrole nitrogens is 1. The van der Waals surface area contributed by atoms with Crippen molar-refractivity contribution in [3.05, 3.63) is 98.6 Å². The smallest absolute Gasteiger partial charge is 0.491 e. The Labute approximate surface area is 351 Å². The first-order valence-corrected chi connectivity index (χ1v) is 20.6. The normalized spacial score (nSPS) is 16.4. The molecule has 61 heavy (non-hydrogen) atoms. The molecule has 2 N–H and O–H groups in total. The fourth-order valence-electron chi connectivity index (χ4n) is 7.03. The third kappa shape index (κ3) is 10.8. The number of morpholine rings is 1. The van der Waals surface area contributed by atoms with Gasteiger partial charge in [-0.2, -0.15) is 26.3 Å². The minimum Gasteiger partial charge on any atom is -0.492 e. The number of thiazole rings is 2. The van der Waals surface area contributed by atoms with E-state index in [1.807, 2.05) is 35.2 Å². The molecule has 1 amide bonds. The van der Waals surface area contributed by atoms with Gasteiger partial charge in [-0.15, -0.1) is 11.3 Å². The average molecular weight is 894 g/mol. The molecule has 2 aliphatic heterocycles. The van der Waals surface area contributed by atoms with Crippen LogP contribution >= 0.6 is 22.7 Å². The van der Waals surface area contributed by atoms with Crippen LogP contribution in [-0.4, -0.2) is 108 Å². The van der Waals surface area contributed by atoms with E-state index >= 15 is 0 Å². The number of aromatic amines is 1. The monoisotopic (exact) mass is 893 g/mol. The molecule has 324 valence electrons. The number of nitrogens with one attached hydrogen (secondary N) is 2. The number of aromatic nitrogens is 2. The Bertz CT molecular complexity index is 2400. The van der Waals surface area contributed by atoms with Gasteiger partial charge in [-0.05, 0) is 42.7 Å². The number of rotatable bonds is 13. The van der Waals surface area contributed by atoms with Crippen LogP contribution in [0.25, 0.3) is 20.8 Å². The molecule has 2 aromatic heterocycles. The fourth-order valence-corrected chi connectivity index (χ4v) is 8.74. The van der Waals surface area contributed by atoms with E-state index in [1.54, 1.807) is 29.6 Å². The van der Waals surface area contributed by atoms with E-state index in [2.05, 4.69) is 24.9 Å². The number of nitrogens with zero attached hydrogens (tertiary/aromatic N) is 3. The first-order valence-electron chi connectivity index (χ1n) is 18.9. The number of fused-ring (bicyclic) bond motifs is 1. The summed E-state index contributed by atoms with van der Waals surface area (Å²) in [5, 5.41) is 5.51. The van der Waals surface area contributed by atoms with Crippen LogP contribution in [0.3, 0.4) is 0 Å². The molecular weight excluding hydrogens is 857 g/mol. The Morgan fingerprint density at radius 3 is 2.36 bits per heavy atom. The van der Waals surface area contributed by atoms with Crippen molar-refractivity contribution in [3.63, 3.8) is 0 Å². The van der Waals surface area contributed by atoms with Crippen LogP contribution in [-0.2, 0) is 25.6 Å². The average Bonchev–Trinajstić information content (AvgIpc) is 3.89. The molecule has 0 aliphatic carbocycles. The van der Waals surface area contributed by atoms with Crippen molar-refractivity contribution >= 4 is 50.7 Å². The summed E-state index contributed by atoms with van der Waals surface area (Å²) in [5.41, 5.74) is 1.13. The van der Waals surface area contributed by atoms with E-state index in [4.69, 9.17) is 14.2 Å². The molecule has 0 saturated carbocycles. The maximum absolute atomic E-state index is 13.4. The molecule has 5 aromatic rings. The van der Waals surface area contributed by atoms with E-state index in [9.17, 15) is 45.5 Å². The number of ether oxygens (including phenoxy) is 4. The van der Waals surface area contributed by atoms with Gasteiger partial charge in [0.1, 0.15) is 34.7 Å². The fraction of sp³-hybridized carbons (Fsp3) is 0.375. The van der Waals surface area contributed by atoms with Gasteiger partial charge < -0.3 is 34.1 Å². The summed E-state index contributed by atoms with van der Waals surface area (Å²) in [6.07, 6.45) is -10.9. The molecule has 2 fully saturated rings.